The maximum absolute atomic E-state index is 5.51. The highest BCUT2D eigenvalue weighted by Gasteiger charge is 2.01. The predicted octanol–water partition coefficient (Wildman–Crippen LogP) is 2.30. The van der Waals surface area contributed by atoms with Crippen LogP contribution in [0.4, 0.5) is 11.5 Å². The van der Waals surface area contributed by atoms with E-state index >= 15 is 0 Å². The number of rotatable bonds is 3. The summed E-state index contributed by atoms with van der Waals surface area (Å²) in [5.74, 6) is 1.41. The van der Waals surface area contributed by atoms with Gasteiger partial charge in [0.2, 0.25) is 0 Å². The Morgan fingerprint density at radius 1 is 1.24 bits per heavy atom. The van der Waals surface area contributed by atoms with Gasteiger partial charge in [-0.2, -0.15) is 0 Å². The van der Waals surface area contributed by atoms with Crippen molar-refractivity contribution < 1.29 is 0 Å². The van der Waals surface area contributed by atoms with Crippen LogP contribution in [-0.2, 0) is 6.54 Å². The number of hydrogen-bond acceptors (Lipinski definition) is 4. The first kappa shape index (κ1) is 11.5. The molecule has 0 aliphatic carbocycles. The van der Waals surface area contributed by atoms with Gasteiger partial charge < -0.3 is 11.1 Å². The first-order chi connectivity index (χ1) is 8.19. The van der Waals surface area contributed by atoms with Crippen LogP contribution in [0.5, 0.6) is 0 Å². The van der Waals surface area contributed by atoms with E-state index in [1.165, 1.54) is 11.1 Å². The van der Waals surface area contributed by atoms with Crippen LogP contribution in [0.2, 0.25) is 0 Å². The van der Waals surface area contributed by atoms with Crippen molar-refractivity contribution in [3.8, 4) is 0 Å². The average Bonchev–Trinajstić information content (AvgIpc) is 2.34. The van der Waals surface area contributed by atoms with Gasteiger partial charge in [-0.3, -0.25) is 0 Å². The van der Waals surface area contributed by atoms with Crippen LogP contribution < -0.4 is 11.1 Å². The summed E-state index contributed by atoms with van der Waals surface area (Å²) in [6.45, 7) is 4.48. The van der Waals surface area contributed by atoms with Gasteiger partial charge in [-0.1, -0.05) is 12.1 Å². The molecule has 1 heterocycles. The number of nitrogens with two attached hydrogens (primary N) is 1. The van der Waals surface area contributed by atoms with Crippen LogP contribution in [-0.4, -0.2) is 9.97 Å². The molecule has 0 spiro atoms. The van der Waals surface area contributed by atoms with Crippen molar-refractivity contribution in [2.24, 2.45) is 5.73 Å². The molecule has 2 aromatic rings. The molecule has 0 atom stereocenters. The smallest absolute Gasteiger partial charge is 0.144 e. The molecule has 3 N–H and O–H groups in total. The molecule has 4 heteroatoms. The summed E-state index contributed by atoms with van der Waals surface area (Å²) < 4.78 is 0. The minimum Gasteiger partial charge on any atom is -0.340 e. The van der Waals surface area contributed by atoms with Crippen molar-refractivity contribution in [1.29, 1.82) is 0 Å². The van der Waals surface area contributed by atoms with Gasteiger partial charge in [0.1, 0.15) is 11.6 Å². The van der Waals surface area contributed by atoms with Gasteiger partial charge in [-0.05, 0) is 37.1 Å². The van der Waals surface area contributed by atoms with Gasteiger partial charge in [0.15, 0.2) is 0 Å². The SMILES string of the molecule is Cc1ccc(C)c(Nc2ccnc(CN)n2)c1. The molecule has 0 saturated carbocycles. The molecule has 4 nitrogen and oxygen atoms in total. The van der Waals surface area contributed by atoms with Crippen LogP contribution in [0, 0.1) is 13.8 Å². The van der Waals surface area contributed by atoms with Crippen LogP contribution in [0.3, 0.4) is 0 Å². The minimum absolute atomic E-state index is 0.350. The fraction of sp³-hybridized carbons (Fsp3) is 0.231. The largest absolute Gasteiger partial charge is 0.340 e. The van der Waals surface area contributed by atoms with Gasteiger partial charge in [0.05, 0.1) is 6.54 Å². The summed E-state index contributed by atoms with van der Waals surface area (Å²) >= 11 is 0. The van der Waals surface area contributed by atoms with Crippen molar-refractivity contribution in [3.05, 3.63) is 47.4 Å². The Kier molecular flexibility index (Phi) is 3.35. The first-order valence-electron chi connectivity index (χ1n) is 5.55. The summed E-state index contributed by atoms with van der Waals surface area (Å²) in [4.78, 5) is 8.37. The fourth-order valence-electron chi connectivity index (χ4n) is 1.58. The molecule has 1 aromatic carbocycles. The Labute approximate surface area is 101 Å². The zero-order valence-corrected chi connectivity index (χ0v) is 10.1. The third-order valence-electron chi connectivity index (χ3n) is 2.54. The van der Waals surface area contributed by atoms with E-state index in [0.29, 0.717) is 12.4 Å². The Morgan fingerprint density at radius 2 is 2.06 bits per heavy atom. The molecule has 1 aromatic heterocycles. The number of nitrogens with one attached hydrogen (secondary N) is 1. The molecule has 0 aliphatic heterocycles. The molecule has 0 fully saturated rings. The highest BCUT2D eigenvalue weighted by molar-refractivity contribution is 5.61. The molecule has 0 unspecified atom stereocenters. The van der Waals surface area contributed by atoms with Crippen LogP contribution >= 0.6 is 0 Å². The highest BCUT2D eigenvalue weighted by Crippen LogP contribution is 2.20. The standard InChI is InChI=1S/C13H16N4/c1-9-3-4-10(2)11(7-9)16-12-5-6-15-13(8-14)17-12/h3-7H,8,14H2,1-2H3,(H,15,16,17). The summed E-state index contributed by atoms with van der Waals surface area (Å²) in [7, 11) is 0. The lowest BCUT2D eigenvalue weighted by molar-refractivity contribution is 0.912. The minimum atomic E-state index is 0.350. The third kappa shape index (κ3) is 2.79. The maximum Gasteiger partial charge on any atom is 0.144 e. The van der Waals surface area contributed by atoms with E-state index in [0.717, 1.165) is 11.5 Å². The Bertz CT molecular complexity index is 523. The number of aromatic nitrogens is 2. The average molecular weight is 228 g/mol. The normalized spacial score (nSPS) is 10.3. The number of nitrogens with zero attached hydrogens (tertiary/aromatic N) is 2. The molecule has 0 bridgehead atoms. The Balaban J connectivity index is 2.27. The van der Waals surface area contributed by atoms with Crippen LogP contribution in [0.15, 0.2) is 30.5 Å². The van der Waals surface area contributed by atoms with Gasteiger partial charge in [0, 0.05) is 11.9 Å². The van der Waals surface area contributed by atoms with Gasteiger partial charge >= 0.3 is 0 Å². The molecule has 0 aliphatic rings. The van der Waals surface area contributed by atoms with E-state index in [1.54, 1.807) is 6.20 Å². The van der Waals surface area contributed by atoms with Gasteiger partial charge in [-0.15, -0.1) is 0 Å². The zero-order valence-electron chi connectivity index (χ0n) is 10.1. The second-order valence-corrected chi connectivity index (χ2v) is 4.01. The van der Waals surface area contributed by atoms with E-state index < -0.39 is 0 Å². The summed E-state index contributed by atoms with van der Waals surface area (Å²) in [5.41, 5.74) is 8.97. The predicted molar refractivity (Wildman–Crippen MR) is 69.1 cm³/mol. The molecular formula is C13H16N4. The van der Waals surface area contributed by atoms with Crippen molar-refractivity contribution >= 4 is 11.5 Å². The van der Waals surface area contributed by atoms with Crippen molar-refractivity contribution in [2.75, 3.05) is 5.32 Å². The van der Waals surface area contributed by atoms with Gasteiger partial charge in [0.25, 0.3) is 0 Å². The van der Waals surface area contributed by atoms with E-state index in [-0.39, 0.29) is 0 Å². The molecule has 88 valence electrons. The van der Waals surface area contributed by atoms with Crippen molar-refractivity contribution in [3.63, 3.8) is 0 Å². The van der Waals surface area contributed by atoms with E-state index in [2.05, 4.69) is 47.3 Å². The summed E-state index contributed by atoms with van der Waals surface area (Å²) in [6, 6.07) is 8.11. The summed E-state index contributed by atoms with van der Waals surface area (Å²) in [5, 5.41) is 3.28. The lowest BCUT2D eigenvalue weighted by Gasteiger charge is -2.10. The van der Waals surface area contributed by atoms with Crippen LogP contribution in [0.1, 0.15) is 17.0 Å². The molecular weight excluding hydrogens is 212 g/mol. The van der Waals surface area contributed by atoms with Crippen molar-refractivity contribution in [2.45, 2.75) is 20.4 Å². The Hall–Kier alpha value is -1.94. The third-order valence-corrected chi connectivity index (χ3v) is 2.54. The fourth-order valence-corrected chi connectivity index (χ4v) is 1.58. The molecule has 0 saturated heterocycles. The van der Waals surface area contributed by atoms with Crippen LogP contribution in [0.25, 0.3) is 0 Å². The number of anilines is 2. The first-order valence-corrected chi connectivity index (χ1v) is 5.55. The van der Waals surface area contributed by atoms with Crippen molar-refractivity contribution in [1.82, 2.24) is 9.97 Å². The maximum atomic E-state index is 5.51. The molecule has 0 amide bonds. The molecule has 0 radical (unpaired) electrons. The van der Waals surface area contributed by atoms with E-state index in [4.69, 9.17) is 5.73 Å². The molecule has 17 heavy (non-hydrogen) atoms. The lowest BCUT2D eigenvalue weighted by Crippen LogP contribution is -2.05. The monoisotopic (exact) mass is 228 g/mol. The quantitative estimate of drug-likeness (QED) is 0.846. The van der Waals surface area contributed by atoms with E-state index in [1.807, 2.05) is 6.07 Å². The topological polar surface area (TPSA) is 63.8 Å². The number of hydrogen-bond donors (Lipinski definition) is 2. The zero-order chi connectivity index (χ0) is 12.3. The highest BCUT2D eigenvalue weighted by atomic mass is 15.0. The van der Waals surface area contributed by atoms with E-state index in [9.17, 15) is 0 Å². The second-order valence-electron chi connectivity index (χ2n) is 4.01. The Morgan fingerprint density at radius 3 is 2.82 bits per heavy atom. The number of benzene rings is 1. The summed E-state index contributed by atoms with van der Waals surface area (Å²) in [6.07, 6.45) is 1.71. The second kappa shape index (κ2) is 4.93. The molecule has 2 rings (SSSR count). The number of aryl methyl sites for hydroxylation is 2. The van der Waals surface area contributed by atoms with Gasteiger partial charge in [-0.25, -0.2) is 9.97 Å². The lowest BCUT2D eigenvalue weighted by atomic mass is 10.1.